The van der Waals surface area contributed by atoms with Crippen molar-refractivity contribution in [2.75, 3.05) is 5.32 Å². The zero-order chi connectivity index (χ0) is 23.2. The number of hydrogen-bond acceptors (Lipinski definition) is 6. The van der Waals surface area contributed by atoms with Crippen LogP contribution in [0.1, 0.15) is 36.6 Å². The molecule has 3 aromatic heterocycles. The van der Waals surface area contributed by atoms with Crippen molar-refractivity contribution in [1.82, 2.24) is 24.3 Å². The van der Waals surface area contributed by atoms with Crippen molar-refractivity contribution in [2.24, 2.45) is 0 Å². The first-order valence-corrected chi connectivity index (χ1v) is 11.1. The van der Waals surface area contributed by atoms with E-state index in [4.69, 9.17) is 4.98 Å². The van der Waals surface area contributed by atoms with Gasteiger partial charge >= 0.3 is 0 Å². The smallest absolute Gasteiger partial charge is 0.278 e. The van der Waals surface area contributed by atoms with E-state index in [1.54, 1.807) is 10.8 Å². The molecule has 0 aliphatic heterocycles. The molecule has 1 aromatic carbocycles. The Labute approximate surface area is 191 Å². The molecule has 8 heteroatoms. The lowest BCUT2D eigenvalue weighted by atomic mass is 9.98. The fraction of sp³-hybridized carbons (Fsp3) is 0.280. The lowest BCUT2D eigenvalue weighted by Gasteiger charge is -2.21. The number of allylic oxidation sites excluding steroid dienone is 1. The summed E-state index contributed by atoms with van der Waals surface area (Å²) in [7, 11) is 0. The van der Waals surface area contributed by atoms with Gasteiger partial charge in [-0.3, -0.25) is 4.79 Å². The summed E-state index contributed by atoms with van der Waals surface area (Å²) in [6.45, 7) is 8.06. The number of aryl methyl sites for hydroxylation is 2. The van der Waals surface area contributed by atoms with Gasteiger partial charge in [0, 0.05) is 11.9 Å². The Morgan fingerprint density at radius 3 is 2.73 bits per heavy atom. The molecule has 0 amide bonds. The average molecular weight is 443 g/mol. The number of hydrogen-bond donors (Lipinski definition) is 2. The second-order valence-corrected chi connectivity index (χ2v) is 8.47. The van der Waals surface area contributed by atoms with Crippen LogP contribution >= 0.6 is 0 Å². The molecule has 4 aromatic rings. The van der Waals surface area contributed by atoms with Crippen LogP contribution in [0, 0.1) is 6.92 Å². The molecule has 1 atom stereocenters. The second kappa shape index (κ2) is 7.97. The third-order valence-corrected chi connectivity index (χ3v) is 6.30. The normalized spacial score (nSPS) is 17.3. The fourth-order valence-electron chi connectivity index (χ4n) is 4.38. The van der Waals surface area contributed by atoms with Gasteiger partial charge in [-0.1, -0.05) is 36.8 Å². The number of pyridine rings is 1. The van der Waals surface area contributed by atoms with Crippen LogP contribution in [0.25, 0.3) is 16.9 Å². The van der Waals surface area contributed by atoms with Crippen LogP contribution in [0.15, 0.2) is 60.0 Å². The molecule has 0 bridgehead atoms. The summed E-state index contributed by atoms with van der Waals surface area (Å²) in [4.78, 5) is 27.0. The summed E-state index contributed by atoms with van der Waals surface area (Å²) in [5, 5.41) is 14.6. The highest BCUT2D eigenvalue weighted by Gasteiger charge is 2.37. The lowest BCUT2D eigenvalue weighted by molar-refractivity contribution is 0.0306. The zero-order valence-electron chi connectivity index (χ0n) is 18.7. The van der Waals surface area contributed by atoms with Crippen LogP contribution in [-0.2, 0) is 18.6 Å². The first-order valence-electron chi connectivity index (χ1n) is 11.1. The monoisotopic (exact) mass is 442 g/mol. The van der Waals surface area contributed by atoms with Gasteiger partial charge in [0.05, 0.1) is 12.2 Å². The number of nitrogens with one attached hydrogen (secondary N) is 1. The van der Waals surface area contributed by atoms with E-state index >= 15 is 0 Å². The summed E-state index contributed by atoms with van der Waals surface area (Å²) in [6.07, 6.45) is 5.20. The van der Waals surface area contributed by atoms with Gasteiger partial charge in [0.15, 0.2) is 11.5 Å². The largest absolute Gasteiger partial charge is 0.384 e. The Kier molecular flexibility index (Phi) is 5.09. The van der Waals surface area contributed by atoms with Gasteiger partial charge in [0.1, 0.15) is 11.0 Å². The van der Waals surface area contributed by atoms with E-state index in [2.05, 4.69) is 21.9 Å². The average Bonchev–Trinajstić information content (AvgIpc) is 3.30. The number of benzene rings is 1. The number of nitrogens with zero attached hydrogens (tertiary/aromatic N) is 5. The lowest BCUT2D eigenvalue weighted by Crippen LogP contribution is -2.25. The molecule has 0 saturated carbocycles. The molecule has 0 radical (unpaired) electrons. The van der Waals surface area contributed by atoms with Gasteiger partial charge in [-0.25, -0.2) is 19.3 Å². The third-order valence-electron chi connectivity index (χ3n) is 6.30. The van der Waals surface area contributed by atoms with E-state index in [0.29, 0.717) is 41.3 Å². The second-order valence-electron chi connectivity index (χ2n) is 8.47. The van der Waals surface area contributed by atoms with E-state index in [1.165, 1.54) is 10.9 Å². The third kappa shape index (κ3) is 3.52. The summed E-state index contributed by atoms with van der Waals surface area (Å²) in [6, 6.07) is 11.8. The molecule has 33 heavy (non-hydrogen) atoms. The topological polar surface area (TPSA) is 97.9 Å². The number of aromatic nitrogens is 5. The quantitative estimate of drug-likeness (QED) is 0.441. The Balaban J connectivity index is 1.68. The van der Waals surface area contributed by atoms with E-state index < -0.39 is 5.60 Å². The zero-order valence-corrected chi connectivity index (χ0v) is 18.7. The summed E-state index contributed by atoms with van der Waals surface area (Å²) >= 11 is 0. The molecule has 2 N–H and O–H groups in total. The predicted octanol–water partition coefficient (Wildman–Crippen LogP) is 3.76. The van der Waals surface area contributed by atoms with Crippen LogP contribution in [0.3, 0.4) is 0 Å². The highest BCUT2D eigenvalue weighted by molar-refractivity contribution is 5.77. The maximum atomic E-state index is 13.2. The van der Waals surface area contributed by atoms with Gasteiger partial charge < -0.3 is 10.4 Å². The van der Waals surface area contributed by atoms with Crippen molar-refractivity contribution < 1.29 is 5.11 Å². The summed E-state index contributed by atoms with van der Waals surface area (Å²) < 4.78 is 3.23. The number of rotatable bonds is 6. The van der Waals surface area contributed by atoms with E-state index in [9.17, 15) is 9.90 Å². The van der Waals surface area contributed by atoms with Gasteiger partial charge in [-0.2, -0.15) is 4.98 Å². The highest BCUT2D eigenvalue weighted by atomic mass is 16.3. The summed E-state index contributed by atoms with van der Waals surface area (Å²) in [5.41, 5.74) is 2.98. The van der Waals surface area contributed by atoms with Gasteiger partial charge in [-0.15, -0.1) is 6.58 Å². The maximum Gasteiger partial charge on any atom is 0.278 e. The van der Waals surface area contributed by atoms with Gasteiger partial charge in [-0.05, 0) is 49.9 Å². The van der Waals surface area contributed by atoms with Crippen LogP contribution in [0.5, 0.6) is 0 Å². The Bertz CT molecular complexity index is 1420. The molecule has 5 rings (SSSR count). The van der Waals surface area contributed by atoms with Crippen molar-refractivity contribution >= 4 is 22.7 Å². The molecule has 0 saturated heterocycles. The number of fused-ring (bicyclic) bond motifs is 2. The van der Waals surface area contributed by atoms with Crippen LogP contribution in [-0.4, -0.2) is 29.4 Å². The minimum absolute atomic E-state index is 0.222. The molecule has 0 spiro atoms. The van der Waals surface area contributed by atoms with E-state index in [1.807, 2.05) is 50.2 Å². The molecule has 1 aliphatic rings. The van der Waals surface area contributed by atoms with Crippen molar-refractivity contribution in [3.8, 4) is 5.82 Å². The molecule has 0 unspecified atom stereocenters. The maximum absolute atomic E-state index is 13.2. The number of anilines is 2. The molecule has 8 nitrogen and oxygen atoms in total. The molecular weight excluding hydrogens is 416 g/mol. The molecule has 168 valence electrons. The Morgan fingerprint density at radius 2 is 2.00 bits per heavy atom. The fourth-order valence-corrected chi connectivity index (χ4v) is 4.38. The van der Waals surface area contributed by atoms with Crippen molar-refractivity contribution in [2.45, 2.75) is 45.3 Å². The first kappa shape index (κ1) is 21.1. The highest BCUT2D eigenvalue weighted by Crippen LogP contribution is 2.38. The first-order chi connectivity index (χ1) is 15.9. The van der Waals surface area contributed by atoms with Crippen LogP contribution < -0.4 is 10.9 Å². The van der Waals surface area contributed by atoms with Crippen LogP contribution in [0.2, 0.25) is 0 Å². The minimum atomic E-state index is -0.953. The van der Waals surface area contributed by atoms with Crippen molar-refractivity contribution in [3.63, 3.8) is 0 Å². The van der Waals surface area contributed by atoms with Gasteiger partial charge in [0.25, 0.3) is 5.56 Å². The van der Waals surface area contributed by atoms with Crippen molar-refractivity contribution in [1.29, 1.82) is 0 Å². The predicted molar refractivity (Wildman–Crippen MR) is 128 cm³/mol. The molecule has 3 heterocycles. The Hall–Kier alpha value is -3.78. The standard InChI is InChI=1S/C25H26N6O2/c1-4-14-30-23(32)19-15-26-24(27-18-9-6-16(3)7-10-18)29-22(19)31(30)20-11-8-17-12-13-25(33,5-2)21(17)28-20/h4,6-11,15,33H,1,5,12-14H2,2-3H3,(H,26,27,29)/t25-/m1/s1. The van der Waals surface area contributed by atoms with E-state index in [-0.39, 0.29) is 12.1 Å². The molecular formula is C25H26N6O2. The SMILES string of the molecule is C=CCn1c(=O)c2cnc(Nc3ccc(C)cc3)nc2n1-c1ccc2c(n1)[C@@](O)(CC)CC2. The van der Waals surface area contributed by atoms with Crippen molar-refractivity contribution in [3.05, 3.63) is 82.4 Å². The minimum Gasteiger partial charge on any atom is -0.384 e. The Morgan fingerprint density at radius 1 is 1.21 bits per heavy atom. The number of aliphatic hydroxyl groups is 1. The summed E-state index contributed by atoms with van der Waals surface area (Å²) in [5.74, 6) is 0.901. The van der Waals surface area contributed by atoms with Gasteiger partial charge in [0.2, 0.25) is 5.95 Å². The van der Waals surface area contributed by atoms with E-state index in [0.717, 1.165) is 23.2 Å². The molecule has 1 aliphatic carbocycles. The van der Waals surface area contributed by atoms with Crippen LogP contribution in [0.4, 0.5) is 11.6 Å². The molecule has 0 fully saturated rings.